The molecule has 2 atom stereocenters. The third kappa shape index (κ3) is 10.2. The number of benzene rings is 2. The van der Waals surface area contributed by atoms with E-state index in [1.807, 2.05) is 18.2 Å². The first-order valence-corrected chi connectivity index (χ1v) is 13.6. The summed E-state index contributed by atoms with van der Waals surface area (Å²) in [6.45, 7) is 2.26. The number of hydrogen-bond donors (Lipinski definition) is 0. The van der Waals surface area contributed by atoms with E-state index >= 15 is 0 Å². The van der Waals surface area contributed by atoms with E-state index in [0.29, 0.717) is 0 Å². The molecule has 0 aliphatic rings. The van der Waals surface area contributed by atoms with Crippen molar-refractivity contribution in [3.63, 3.8) is 0 Å². The van der Waals surface area contributed by atoms with Gasteiger partial charge in [0.25, 0.3) is 0 Å². The van der Waals surface area contributed by atoms with Gasteiger partial charge in [0.2, 0.25) is 0 Å². The molecule has 2 aromatic rings. The molecule has 0 bridgehead atoms. The Labute approximate surface area is 213 Å². The zero-order chi connectivity index (χ0) is 25.2. The Morgan fingerprint density at radius 1 is 0.886 bits per heavy atom. The molecule has 0 saturated carbocycles. The van der Waals surface area contributed by atoms with Crippen molar-refractivity contribution in [2.24, 2.45) is 10.2 Å². The number of hydrogen-bond acceptors (Lipinski definition) is 4. The SMILES string of the molecule is CCCCCCCCCC(C#N)(CCCC(CCc1cccc(OC)c1)N=NC)c1ccccc1. The second kappa shape index (κ2) is 16.9. The Kier molecular flexibility index (Phi) is 13.8. The van der Waals surface area contributed by atoms with Crippen LogP contribution in [0.5, 0.6) is 5.75 Å². The molecule has 35 heavy (non-hydrogen) atoms. The van der Waals surface area contributed by atoms with E-state index in [1.54, 1.807) is 14.2 Å². The van der Waals surface area contributed by atoms with Gasteiger partial charge in [-0.25, -0.2) is 0 Å². The first-order chi connectivity index (χ1) is 17.2. The normalized spacial score (nSPS) is 13.9. The molecule has 0 fully saturated rings. The van der Waals surface area contributed by atoms with Crippen LogP contribution in [0.4, 0.5) is 0 Å². The van der Waals surface area contributed by atoms with Crippen LogP contribution < -0.4 is 4.74 Å². The predicted octanol–water partition coefficient (Wildman–Crippen LogP) is 8.85. The minimum absolute atomic E-state index is 0.178. The van der Waals surface area contributed by atoms with Crippen molar-refractivity contribution in [3.8, 4) is 11.8 Å². The van der Waals surface area contributed by atoms with Crippen LogP contribution in [0.15, 0.2) is 64.8 Å². The van der Waals surface area contributed by atoms with Crippen LogP contribution in [0.3, 0.4) is 0 Å². The fourth-order valence-corrected chi connectivity index (χ4v) is 4.95. The van der Waals surface area contributed by atoms with Gasteiger partial charge in [0.15, 0.2) is 0 Å². The van der Waals surface area contributed by atoms with Crippen LogP contribution in [0.2, 0.25) is 0 Å². The molecule has 0 spiro atoms. The zero-order valence-electron chi connectivity index (χ0n) is 22.2. The Bertz CT molecular complexity index is 890. The molecule has 190 valence electrons. The van der Waals surface area contributed by atoms with Crippen LogP contribution in [0.1, 0.15) is 95.1 Å². The smallest absolute Gasteiger partial charge is 0.119 e. The van der Waals surface area contributed by atoms with Gasteiger partial charge in [-0.05, 0) is 61.8 Å². The van der Waals surface area contributed by atoms with Gasteiger partial charge in [-0.15, -0.1) is 0 Å². The number of nitriles is 1. The molecule has 2 rings (SSSR count). The monoisotopic (exact) mass is 475 g/mol. The molecule has 0 amide bonds. The predicted molar refractivity (Wildman–Crippen MR) is 146 cm³/mol. The standard InChI is InChI=1S/C31H45N3O/c1-4-5-6-7-8-9-13-23-31(26-32,28-17-11-10-12-18-28)24-15-19-29(34-33-2)22-21-27-16-14-20-30(25-27)35-3/h10-12,14,16-18,20,25,29H,4-9,13,15,19,21-24H2,1-3H3. The molecule has 0 radical (unpaired) electrons. The molecule has 0 aliphatic carbocycles. The highest BCUT2D eigenvalue weighted by Gasteiger charge is 2.31. The summed E-state index contributed by atoms with van der Waals surface area (Å²) in [7, 11) is 3.45. The lowest BCUT2D eigenvalue weighted by Gasteiger charge is -2.28. The molecule has 2 aromatic carbocycles. The summed E-state index contributed by atoms with van der Waals surface area (Å²) in [5.74, 6) is 0.892. The minimum atomic E-state index is -0.411. The van der Waals surface area contributed by atoms with Crippen LogP contribution >= 0.6 is 0 Å². The number of azo groups is 1. The van der Waals surface area contributed by atoms with E-state index in [4.69, 9.17) is 4.74 Å². The van der Waals surface area contributed by atoms with Gasteiger partial charge >= 0.3 is 0 Å². The lowest BCUT2D eigenvalue weighted by Crippen LogP contribution is -2.25. The summed E-state index contributed by atoms with van der Waals surface area (Å²) in [5, 5.41) is 19.0. The van der Waals surface area contributed by atoms with Crippen molar-refractivity contribution in [1.82, 2.24) is 0 Å². The number of methoxy groups -OCH3 is 1. The first-order valence-electron chi connectivity index (χ1n) is 13.6. The minimum Gasteiger partial charge on any atom is -0.497 e. The van der Waals surface area contributed by atoms with Gasteiger partial charge in [-0.1, -0.05) is 94.3 Å². The van der Waals surface area contributed by atoms with Crippen molar-refractivity contribution in [2.75, 3.05) is 14.2 Å². The highest BCUT2D eigenvalue weighted by molar-refractivity contribution is 5.32. The Hall–Kier alpha value is -2.67. The van der Waals surface area contributed by atoms with Crippen LogP contribution in [0, 0.1) is 11.3 Å². The van der Waals surface area contributed by atoms with Crippen molar-refractivity contribution in [2.45, 2.75) is 102 Å². The summed E-state index contributed by atoms with van der Waals surface area (Å²) in [6.07, 6.45) is 14.5. The maximum Gasteiger partial charge on any atom is 0.119 e. The largest absolute Gasteiger partial charge is 0.497 e. The number of aryl methyl sites for hydroxylation is 1. The van der Waals surface area contributed by atoms with Gasteiger partial charge in [-0.2, -0.15) is 15.5 Å². The third-order valence-electron chi connectivity index (χ3n) is 7.07. The zero-order valence-corrected chi connectivity index (χ0v) is 22.2. The van der Waals surface area contributed by atoms with Crippen LogP contribution in [0.25, 0.3) is 0 Å². The van der Waals surface area contributed by atoms with Crippen molar-refractivity contribution in [1.29, 1.82) is 5.26 Å². The average molecular weight is 476 g/mol. The van der Waals surface area contributed by atoms with Gasteiger partial charge in [0, 0.05) is 7.05 Å². The van der Waals surface area contributed by atoms with Gasteiger partial charge in [0.1, 0.15) is 5.75 Å². The van der Waals surface area contributed by atoms with Gasteiger partial charge in [0.05, 0.1) is 24.6 Å². The van der Waals surface area contributed by atoms with Gasteiger partial charge in [-0.3, -0.25) is 0 Å². The van der Waals surface area contributed by atoms with Crippen molar-refractivity contribution >= 4 is 0 Å². The van der Waals surface area contributed by atoms with Crippen molar-refractivity contribution < 1.29 is 4.74 Å². The van der Waals surface area contributed by atoms with E-state index in [9.17, 15) is 5.26 Å². The van der Waals surface area contributed by atoms with E-state index < -0.39 is 5.41 Å². The van der Waals surface area contributed by atoms with E-state index in [2.05, 4.69) is 59.6 Å². The number of rotatable bonds is 18. The summed E-state index contributed by atoms with van der Waals surface area (Å²) in [6, 6.07) is 21.6. The first kappa shape index (κ1) is 28.6. The summed E-state index contributed by atoms with van der Waals surface area (Å²) < 4.78 is 5.36. The van der Waals surface area contributed by atoms with Crippen LogP contribution in [-0.2, 0) is 11.8 Å². The third-order valence-corrected chi connectivity index (χ3v) is 7.07. The lowest BCUT2D eigenvalue weighted by atomic mass is 9.73. The van der Waals surface area contributed by atoms with Crippen molar-refractivity contribution in [3.05, 3.63) is 65.7 Å². The quantitative estimate of drug-likeness (QED) is 0.160. The highest BCUT2D eigenvalue weighted by Crippen LogP contribution is 2.35. The van der Waals surface area contributed by atoms with Gasteiger partial charge < -0.3 is 4.74 Å². The Morgan fingerprint density at radius 3 is 2.29 bits per heavy atom. The number of nitrogens with zero attached hydrogens (tertiary/aromatic N) is 3. The Balaban J connectivity index is 1.95. The molecule has 0 saturated heterocycles. The molecular formula is C31H45N3O. The molecule has 0 N–H and O–H groups in total. The molecule has 2 unspecified atom stereocenters. The molecule has 4 nitrogen and oxygen atoms in total. The van der Waals surface area contributed by atoms with E-state index in [0.717, 1.165) is 50.7 Å². The summed E-state index contributed by atoms with van der Waals surface area (Å²) in [5.41, 5.74) is 2.01. The van der Waals surface area contributed by atoms with E-state index in [-0.39, 0.29) is 6.04 Å². The molecule has 0 heterocycles. The Morgan fingerprint density at radius 2 is 1.60 bits per heavy atom. The molecule has 4 heteroatoms. The molecule has 0 aliphatic heterocycles. The number of ether oxygens (including phenoxy) is 1. The maximum atomic E-state index is 10.4. The number of unbranched alkanes of at least 4 members (excludes halogenated alkanes) is 6. The second-order valence-electron chi connectivity index (χ2n) is 9.68. The maximum absolute atomic E-state index is 10.4. The lowest BCUT2D eigenvalue weighted by molar-refractivity contribution is 0.400. The second-order valence-corrected chi connectivity index (χ2v) is 9.68. The van der Waals surface area contributed by atoms with E-state index in [1.165, 1.54) is 49.7 Å². The summed E-state index contributed by atoms with van der Waals surface area (Å²) >= 11 is 0. The molecule has 0 aromatic heterocycles. The summed E-state index contributed by atoms with van der Waals surface area (Å²) in [4.78, 5) is 0. The average Bonchev–Trinajstić information content (AvgIpc) is 2.90. The topological polar surface area (TPSA) is 57.7 Å². The highest BCUT2D eigenvalue weighted by atomic mass is 16.5. The van der Waals surface area contributed by atoms with Crippen LogP contribution in [-0.4, -0.2) is 20.2 Å². The molecular weight excluding hydrogens is 430 g/mol. The fraction of sp³-hybridized carbons (Fsp3) is 0.581. The fourth-order valence-electron chi connectivity index (χ4n) is 4.95.